The van der Waals surface area contributed by atoms with Gasteiger partial charge in [0, 0.05) is 17.7 Å². The minimum Gasteiger partial charge on any atom is -0.489 e. The number of fused-ring (bicyclic) bond motifs is 1. The summed E-state index contributed by atoms with van der Waals surface area (Å²) in [6.45, 7) is 11.2. The van der Waals surface area contributed by atoms with E-state index in [9.17, 15) is 4.79 Å². The molecule has 0 amide bonds. The second kappa shape index (κ2) is 7.87. The highest BCUT2D eigenvalue weighted by Gasteiger charge is 2.41. The third-order valence-electron chi connectivity index (χ3n) is 6.82. The van der Waals surface area contributed by atoms with Crippen LogP contribution in [0.3, 0.4) is 0 Å². The Morgan fingerprint density at radius 3 is 2.55 bits per heavy atom. The van der Waals surface area contributed by atoms with E-state index >= 15 is 0 Å². The Bertz CT molecular complexity index is 1270. The lowest BCUT2D eigenvalue weighted by atomic mass is 9.73. The molecule has 5 rings (SSSR count). The Morgan fingerprint density at radius 2 is 1.79 bits per heavy atom. The van der Waals surface area contributed by atoms with E-state index in [1.165, 1.54) is 28.6 Å². The topological polar surface area (TPSA) is 69.0 Å². The van der Waals surface area contributed by atoms with Crippen molar-refractivity contribution in [1.29, 1.82) is 0 Å². The van der Waals surface area contributed by atoms with Crippen molar-refractivity contribution in [3.05, 3.63) is 81.8 Å². The molecule has 33 heavy (non-hydrogen) atoms. The Labute approximate surface area is 194 Å². The molecule has 1 unspecified atom stereocenters. The predicted octanol–water partition coefficient (Wildman–Crippen LogP) is 5.44. The van der Waals surface area contributed by atoms with E-state index in [4.69, 9.17) is 4.74 Å². The molecule has 2 aromatic carbocycles. The van der Waals surface area contributed by atoms with E-state index in [-0.39, 0.29) is 17.2 Å². The molecule has 3 aromatic rings. The number of aryl methyl sites for hydroxylation is 3. The number of nitrogens with zero attached hydrogens (tertiary/aromatic N) is 3. The molecule has 0 saturated carbocycles. The zero-order chi connectivity index (χ0) is 23.3. The Balaban J connectivity index is 1.42. The lowest BCUT2D eigenvalue weighted by Crippen LogP contribution is -2.36. The van der Waals surface area contributed by atoms with Gasteiger partial charge >= 0.3 is 0 Å². The number of carbonyl (C=O) groups is 1. The Morgan fingerprint density at radius 1 is 1.06 bits per heavy atom. The zero-order valence-electron chi connectivity index (χ0n) is 19.9. The van der Waals surface area contributed by atoms with Crippen LogP contribution in [0.5, 0.6) is 5.75 Å². The first kappa shape index (κ1) is 21.4. The maximum absolute atomic E-state index is 13.2. The fourth-order valence-electron chi connectivity index (χ4n) is 4.94. The molecule has 1 aliphatic heterocycles. The number of Topliss-reactive ketones (excluding diaryl/α,β-unsaturated/α-hetero) is 1. The number of anilines is 1. The third-order valence-corrected chi connectivity index (χ3v) is 6.82. The van der Waals surface area contributed by atoms with E-state index in [1.54, 1.807) is 0 Å². The summed E-state index contributed by atoms with van der Waals surface area (Å²) in [5.74, 6) is 1.65. The lowest BCUT2D eigenvalue weighted by Gasteiger charge is -2.38. The number of hydrogen-bond acceptors (Lipinski definition) is 5. The summed E-state index contributed by atoms with van der Waals surface area (Å²) < 4.78 is 7.90. The van der Waals surface area contributed by atoms with Crippen LogP contribution in [-0.2, 0) is 11.4 Å². The van der Waals surface area contributed by atoms with Crippen molar-refractivity contribution >= 4 is 11.7 Å². The van der Waals surface area contributed by atoms with E-state index in [0.29, 0.717) is 19.0 Å². The second-order valence-electron chi connectivity index (χ2n) is 10.1. The molecule has 0 spiro atoms. The molecule has 0 radical (unpaired) electrons. The number of allylic oxidation sites excluding steroid dienone is 2. The van der Waals surface area contributed by atoms with Gasteiger partial charge in [-0.1, -0.05) is 38.1 Å². The maximum Gasteiger partial charge on any atom is 0.226 e. The quantitative estimate of drug-likeness (QED) is 0.583. The first-order valence-corrected chi connectivity index (χ1v) is 11.4. The number of nitrogens with one attached hydrogen (secondary N) is 1. The van der Waals surface area contributed by atoms with Gasteiger partial charge in [0.1, 0.15) is 24.7 Å². The van der Waals surface area contributed by atoms with E-state index in [2.05, 4.69) is 62.2 Å². The van der Waals surface area contributed by atoms with Crippen LogP contribution in [0.4, 0.5) is 5.95 Å². The Kier molecular flexibility index (Phi) is 5.11. The zero-order valence-corrected chi connectivity index (χ0v) is 19.9. The van der Waals surface area contributed by atoms with Crippen LogP contribution in [0.2, 0.25) is 0 Å². The van der Waals surface area contributed by atoms with Crippen molar-refractivity contribution in [2.24, 2.45) is 5.41 Å². The van der Waals surface area contributed by atoms with Crippen LogP contribution < -0.4 is 10.1 Å². The molecule has 6 heteroatoms. The van der Waals surface area contributed by atoms with Crippen LogP contribution in [0, 0.1) is 26.2 Å². The first-order valence-electron chi connectivity index (χ1n) is 11.4. The molecule has 0 fully saturated rings. The van der Waals surface area contributed by atoms with Gasteiger partial charge in [-0.3, -0.25) is 4.79 Å². The molecule has 0 bridgehead atoms. The van der Waals surface area contributed by atoms with Gasteiger partial charge in [0.15, 0.2) is 5.78 Å². The van der Waals surface area contributed by atoms with Gasteiger partial charge < -0.3 is 10.1 Å². The monoisotopic (exact) mass is 442 g/mol. The van der Waals surface area contributed by atoms with Gasteiger partial charge in [-0.2, -0.15) is 10.1 Å². The number of ketones is 1. The fourth-order valence-corrected chi connectivity index (χ4v) is 4.94. The smallest absolute Gasteiger partial charge is 0.226 e. The molecular weight excluding hydrogens is 412 g/mol. The normalized spacial score (nSPS) is 19.1. The second-order valence-corrected chi connectivity index (χ2v) is 10.1. The summed E-state index contributed by atoms with van der Waals surface area (Å²) >= 11 is 0. The highest BCUT2D eigenvalue weighted by Crippen LogP contribution is 2.45. The molecule has 0 saturated heterocycles. The van der Waals surface area contributed by atoms with Gasteiger partial charge in [-0.05, 0) is 72.6 Å². The number of benzene rings is 2. The number of aromatic nitrogens is 3. The van der Waals surface area contributed by atoms with Gasteiger partial charge in [-0.15, -0.1) is 0 Å². The number of hydrogen-bond donors (Lipinski definition) is 1. The maximum atomic E-state index is 13.2. The van der Waals surface area contributed by atoms with Crippen molar-refractivity contribution in [3.8, 4) is 5.75 Å². The summed E-state index contributed by atoms with van der Waals surface area (Å²) in [6.07, 6.45) is 2.88. The van der Waals surface area contributed by atoms with Crippen LogP contribution in [0.25, 0.3) is 0 Å². The van der Waals surface area contributed by atoms with Crippen molar-refractivity contribution < 1.29 is 9.53 Å². The molecule has 1 aromatic heterocycles. The molecule has 170 valence electrons. The Hall–Kier alpha value is -3.41. The SMILES string of the molecule is Cc1cc(C)c(COc2ccc(C3C4=C(CC(C)(C)CC4=O)Nc4ncnn43)cc2)cc1C. The van der Waals surface area contributed by atoms with Crippen LogP contribution >= 0.6 is 0 Å². The van der Waals surface area contributed by atoms with Crippen LogP contribution in [0.1, 0.15) is 60.5 Å². The number of carbonyl (C=O) groups excluding carboxylic acids is 1. The molecule has 1 aliphatic carbocycles. The van der Waals surface area contributed by atoms with Gasteiger partial charge in [-0.25, -0.2) is 4.68 Å². The summed E-state index contributed by atoms with van der Waals surface area (Å²) in [7, 11) is 0. The molecule has 6 nitrogen and oxygen atoms in total. The van der Waals surface area contributed by atoms with E-state index in [0.717, 1.165) is 29.0 Å². The van der Waals surface area contributed by atoms with E-state index < -0.39 is 0 Å². The summed E-state index contributed by atoms with van der Waals surface area (Å²) in [6, 6.07) is 12.1. The molecule has 2 heterocycles. The van der Waals surface area contributed by atoms with E-state index in [1.807, 2.05) is 28.9 Å². The summed E-state index contributed by atoms with van der Waals surface area (Å²) in [4.78, 5) is 17.6. The largest absolute Gasteiger partial charge is 0.489 e. The average molecular weight is 443 g/mol. The lowest BCUT2D eigenvalue weighted by molar-refractivity contribution is -0.118. The van der Waals surface area contributed by atoms with Crippen molar-refractivity contribution in [2.45, 2.75) is 60.1 Å². The minimum atomic E-state index is -0.279. The van der Waals surface area contributed by atoms with Crippen molar-refractivity contribution in [3.63, 3.8) is 0 Å². The average Bonchev–Trinajstić information content (AvgIpc) is 3.21. The fraction of sp³-hybridized carbons (Fsp3) is 0.370. The van der Waals surface area contributed by atoms with Gasteiger partial charge in [0.05, 0.1) is 0 Å². The third kappa shape index (κ3) is 3.94. The van der Waals surface area contributed by atoms with Crippen molar-refractivity contribution in [2.75, 3.05) is 5.32 Å². The summed E-state index contributed by atoms with van der Waals surface area (Å²) in [5, 5.41) is 7.78. The van der Waals surface area contributed by atoms with Crippen LogP contribution in [-0.4, -0.2) is 20.5 Å². The first-order chi connectivity index (χ1) is 15.7. The van der Waals surface area contributed by atoms with Gasteiger partial charge in [0.25, 0.3) is 0 Å². The van der Waals surface area contributed by atoms with Crippen LogP contribution in [0.15, 0.2) is 54.0 Å². The molecule has 2 aliphatic rings. The minimum absolute atomic E-state index is 0.0696. The standard InChI is InChI=1S/C27H30N4O2/c1-16-10-18(3)20(11-17(16)2)14-33-21-8-6-19(7-9-21)25-24-22(12-27(4,5)13-23(24)32)30-26-28-15-29-31(25)26/h6-11,15,25H,12-14H2,1-5H3,(H,28,29,30). The number of rotatable bonds is 4. The van der Waals surface area contributed by atoms with Gasteiger partial charge in [0.2, 0.25) is 5.95 Å². The molecule has 1 atom stereocenters. The summed E-state index contributed by atoms with van der Waals surface area (Å²) in [5.41, 5.74) is 7.69. The van der Waals surface area contributed by atoms with Crippen molar-refractivity contribution in [1.82, 2.24) is 14.8 Å². The highest BCUT2D eigenvalue weighted by molar-refractivity contribution is 6.00. The number of ether oxygens (including phenoxy) is 1. The molecular formula is C27H30N4O2. The highest BCUT2D eigenvalue weighted by atomic mass is 16.5. The molecule has 1 N–H and O–H groups in total. The predicted molar refractivity (Wildman–Crippen MR) is 128 cm³/mol.